The number of para-hydroxylation sites is 1. The predicted octanol–water partition coefficient (Wildman–Crippen LogP) is 3.44. The monoisotopic (exact) mass is 350 g/mol. The van der Waals surface area contributed by atoms with E-state index in [1.165, 1.54) is 0 Å². The van der Waals surface area contributed by atoms with Gasteiger partial charge in [0.2, 0.25) is 6.10 Å². The van der Waals surface area contributed by atoms with Crippen molar-refractivity contribution in [1.29, 1.82) is 0 Å². The average Bonchev–Trinajstić information content (AvgIpc) is 3.03. The molecular weight excluding hydrogens is 332 g/mol. The highest BCUT2D eigenvalue weighted by Crippen LogP contribution is 2.42. The Bertz CT molecular complexity index is 1010. The molecular formula is C21H18O5. The summed E-state index contributed by atoms with van der Waals surface area (Å²) >= 11 is 0. The third kappa shape index (κ3) is 2.75. The van der Waals surface area contributed by atoms with Crippen LogP contribution in [0.2, 0.25) is 0 Å². The van der Waals surface area contributed by atoms with Gasteiger partial charge in [0.25, 0.3) is 0 Å². The van der Waals surface area contributed by atoms with E-state index in [-0.39, 0.29) is 6.61 Å². The molecule has 0 bridgehead atoms. The fourth-order valence-corrected chi connectivity index (χ4v) is 3.46. The number of hydrogen-bond acceptors (Lipinski definition) is 5. The Kier molecular flexibility index (Phi) is 4.21. The van der Waals surface area contributed by atoms with E-state index in [9.17, 15) is 9.59 Å². The van der Waals surface area contributed by atoms with Gasteiger partial charge >= 0.3 is 11.6 Å². The highest BCUT2D eigenvalue weighted by atomic mass is 16.6. The number of benzene rings is 2. The highest BCUT2D eigenvalue weighted by Gasteiger charge is 2.44. The van der Waals surface area contributed by atoms with Crippen molar-refractivity contribution < 1.29 is 18.7 Å². The van der Waals surface area contributed by atoms with Crippen LogP contribution in [0.15, 0.2) is 63.8 Å². The molecule has 0 N–H and O–H groups in total. The van der Waals surface area contributed by atoms with E-state index >= 15 is 0 Å². The number of fused-ring (bicyclic) bond motifs is 3. The molecule has 0 aliphatic carbocycles. The molecule has 1 aliphatic rings. The minimum absolute atomic E-state index is 0.252. The second-order valence-corrected chi connectivity index (χ2v) is 6.22. The van der Waals surface area contributed by atoms with Crippen molar-refractivity contribution in [2.45, 2.75) is 25.4 Å². The van der Waals surface area contributed by atoms with Crippen LogP contribution in [0.3, 0.4) is 0 Å². The summed E-state index contributed by atoms with van der Waals surface area (Å²) < 4.78 is 16.6. The molecule has 1 aliphatic heterocycles. The van der Waals surface area contributed by atoms with Crippen LogP contribution in [0, 0.1) is 0 Å². The zero-order chi connectivity index (χ0) is 18.1. The second-order valence-electron chi connectivity index (χ2n) is 6.22. The molecule has 0 spiro atoms. The molecule has 0 fully saturated rings. The second kappa shape index (κ2) is 6.67. The Morgan fingerprint density at radius 3 is 2.58 bits per heavy atom. The van der Waals surface area contributed by atoms with Gasteiger partial charge in [-0.15, -0.1) is 0 Å². The first-order valence-corrected chi connectivity index (χ1v) is 8.62. The van der Waals surface area contributed by atoms with Crippen LogP contribution in [0.1, 0.15) is 24.0 Å². The summed E-state index contributed by atoms with van der Waals surface area (Å²) in [5.41, 5.74) is 1.40. The first kappa shape index (κ1) is 16.4. The van der Waals surface area contributed by atoms with Crippen molar-refractivity contribution in [3.05, 3.63) is 76.1 Å². The van der Waals surface area contributed by atoms with Crippen molar-refractivity contribution in [2.24, 2.45) is 0 Å². The molecule has 2 atom stereocenters. The third-order valence-corrected chi connectivity index (χ3v) is 4.60. The largest absolute Gasteiger partial charge is 0.477 e. The molecule has 2 aromatic carbocycles. The minimum Gasteiger partial charge on any atom is -0.477 e. The standard InChI is InChI=1S/C21H18O5/c1-2-24-21(23)19-15(12-13-8-4-3-5-9-13)17-18(26-19)14-10-6-7-11-16(14)25-20(17)22/h3-11,15,19H,2,12H2,1H3/t15-,19-/m1/s1. The van der Waals surface area contributed by atoms with Crippen molar-refractivity contribution in [2.75, 3.05) is 6.61 Å². The lowest BCUT2D eigenvalue weighted by Gasteiger charge is -2.17. The van der Waals surface area contributed by atoms with Gasteiger partial charge in [-0.3, -0.25) is 0 Å². The van der Waals surface area contributed by atoms with Gasteiger partial charge in [-0.1, -0.05) is 42.5 Å². The van der Waals surface area contributed by atoms with Crippen LogP contribution in [0.25, 0.3) is 11.0 Å². The Morgan fingerprint density at radius 2 is 1.81 bits per heavy atom. The molecule has 5 heteroatoms. The van der Waals surface area contributed by atoms with Crippen molar-refractivity contribution >= 4 is 16.9 Å². The summed E-state index contributed by atoms with van der Waals surface area (Å²) in [6, 6.07) is 16.9. The van der Waals surface area contributed by atoms with Crippen LogP contribution in [0.5, 0.6) is 5.75 Å². The maximum Gasteiger partial charge on any atom is 0.347 e. The molecule has 3 aromatic rings. The Labute approximate surface area is 150 Å². The fraction of sp³-hybridized carbons (Fsp3) is 0.238. The molecule has 0 amide bonds. The van der Waals surface area contributed by atoms with Gasteiger partial charge in [0.15, 0.2) is 0 Å². The van der Waals surface area contributed by atoms with Crippen molar-refractivity contribution in [3.63, 3.8) is 0 Å². The summed E-state index contributed by atoms with van der Waals surface area (Å²) in [5, 5.41) is 0.687. The van der Waals surface area contributed by atoms with E-state index in [2.05, 4.69) is 0 Å². The van der Waals surface area contributed by atoms with E-state index in [1.54, 1.807) is 19.1 Å². The van der Waals surface area contributed by atoms with Gasteiger partial charge in [-0.05, 0) is 31.0 Å². The summed E-state index contributed by atoms with van der Waals surface area (Å²) in [5.74, 6) is -0.490. The van der Waals surface area contributed by atoms with E-state index < -0.39 is 23.6 Å². The Hall–Kier alpha value is -3.08. The lowest BCUT2D eigenvalue weighted by Crippen LogP contribution is -2.33. The predicted molar refractivity (Wildman–Crippen MR) is 96.4 cm³/mol. The van der Waals surface area contributed by atoms with Gasteiger partial charge in [0, 0.05) is 5.92 Å². The number of esters is 1. The molecule has 132 valence electrons. The molecule has 5 nitrogen and oxygen atoms in total. The van der Waals surface area contributed by atoms with Crippen LogP contribution in [0.4, 0.5) is 0 Å². The molecule has 4 rings (SSSR count). The fourth-order valence-electron chi connectivity index (χ4n) is 3.46. The van der Waals surface area contributed by atoms with E-state index in [0.717, 1.165) is 5.56 Å². The van der Waals surface area contributed by atoms with Gasteiger partial charge in [-0.2, -0.15) is 0 Å². The number of hydrogen-bond donors (Lipinski definition) is 0. The molecule has 26 heavy (non-hydrogen) atoms. The van der Waals surface area contributed by atoms with Crippen molar-refractivity contribution in [1.82, 2.24) is 0 Å². The Balaban J connectivity index is 1.85. The third-order valence-electron chi connectivity index (χ3n) is 4.60. The quantitative estimate of drug-likeness (QED) is 0.533. The maximum absolute atomic E-state index is 12.7. The topological polar surface area (TPSA) is 65.7 Å². The highest BCUT2D eigenvalue weighted by molar-refractivity contribution is 5.88. The summed E-state index contributed by atoms with van der Waals surface area (Å²) in [7, 11) is 0. The molecule has 0 radical (unpaired) electrons. The number of carbonyl (C=O) groups is 1. The number of rotatable bonds is 4. The van der Waals surface area contributed by atoms with Crippen LogP contribution in [-0.4, -0.2) is 18.7 Å². The smallest absolute Gasteiger partial charge is 0.347 e. The lowest BCUT2D eigenvalue weighted by molar-refractivity contribution is -0.151. The molecule has 0 saturated carbocycles. The first-order chi connectivity index (χ1) is 12.7. The van der Waals surface area contributed by atoms with Crippen LogP contribution in [-0.2, 0) is 16.0 Å². The summed E-state index contributed by atoms with van der Waals surface area (Å²) in [6.45, 7) is 2.00. The molecule has 2 heterocycles. The number of ether oxygens (including phenoxy) is 2. The van der Waals surface area contributed by atoms with Gasteiger partial charge in [0.05, 0.1) is 17.6 Å². The first-order valence-electron chi connectivity index (χ1n) is 8.62. The zero-order valence-corrected chi connectivity index (χ0v) is 14.3. The van der Waals surface area contributed by atoms with Gasteiger partial charge in [-0.25, -0.2) is 9.59 Å². The van der Waals surface area contributed by atoms with Crippen molar-refractivity contribution in [3.8, 4) is 5.75 Å². The Morgan fingerprint density at radius 1 is 1.08 bits per heavy atom. The molecule has 1 aromatic heterocycles. The zero-order valence-electron chi connectivity index (χ0n) is 14.3. The van der Waals surface area contributed by atoms with Gasteiger partial charge in [0.1, 0.15) is 11.3 Å². The molecule has 0 saturated heterocycles. The molecule has 0 unspecified atom stereocenters. The summed E-state index contributed by atoms with van der Waals surface area (Å²) in [6.07, 6.45) is -0.376. The summed E-state index contributed by atoms with van der Waals surface area (Å²) in [4.78, 5) is 25.1. The minimum atomic E-state index is -0.862. The lowest BCUT2D eigenvalue weighted by atomic mass is 9.89. The van der Waals surface area contributed by atoms with E-state index in [0.29, 0.717) is 28.7 Å². The van der Waals surface area contributed by atoms with Crippen LogP contribution >= 0.6 is 0 Å². The average molecular weight is 350 g/mol. The maximum atomic E-state index is 12.7. The normalized spacial score (nSPS) is 18.3. The SMILES string of the molecule is CCOC(=O)[C@@H]1Oc2c(c(=O)oc3ccccc23)[C@H]1Cc1ccccc1. The number of carbonyl (C=O) groups excluding carboxylic acids is 1. The van der Waals surface area contributed by atoms with E-state index in [1.807, 2.05) is 42.5 Å². The van der Waals surface area contributed by atoms with Gasteiger partial charge < -0.3 is 13.9 Å². The van der Waals surface area contributed by atoms with E-state index in [4.69, 9.17) is 13.9 Å². The van der Waals surface area contributed by atoms with Crippen LogP contribution < -0.4 is 10.4 Å².